The molecule has 1 rings (SSSR count). The summed E-state index contributed by atoms with van der Waals surface area (Å²) in [6.45, 7) is 0. The number of hydrogen-bond donors (Lipinski definition) is 0. The molecule has 0 aliphatic rings. The normalized spacial score (nSPS) is 7.00. The number of hydrogen-bond acceptors (Lipinski definition) is 3. The molecule has 0 radical (unpaired) electrons. The second-order valence-electron chi connectivity index (χ2n) is 1.24. The molecule has 0 bridgehead atoms. The van der Waals surface area contributed by atoms with Gasteiger partial charge in [0.05, 0.1) is 5.56 Å². The van der Waals surface area contributed by atoms with E-state index in [1.165, 1.54) is 18.7 Å². The van der Waals surface area contributed by atoms with Crippen LogP contribution >= 0.6 is 12.4 Å². The lowest BCUT2D eigenvalue weighted by Crippen LogP contribution is -1.77. The summed E-state index contributed by atoms with van der Waals surface area (Å²) in [5.41, 5.74) is 0.493. The summed E-state index contributed by atoms with van der Waals surface area (Å²) in [5.74, 6) is 0. The SMILES string of the molecule is Cl.N#Cc1cncnc1. The summed E-state index contributed by atoms with van der Waals surface area (Å²) in [5, 5.41) is 8.21. The van der Waals surface area contributed by atoms with E-state index >= 15 is 0 Å². The van der Waals surface area contributed by atoms with Gasteiger partial charge in [0, 0.05) is 12.4 Å². The highest BCUT2D eigenvalue weighted by Crippen LogP contribution is 1.85. The van der Waals surface area contributed by atoms with E-state index in [0.717, 1.165) is 0 Å². The zero-order valence-corrected chi connectivity index (χ0v) is 5.30. The van der Waals surface area contributed by atoms with E-state index in [0.29, 0.717) is 5.56 Å². The summed E-state index contributed by atoms with van der Waals surface area (Å²) in [4.78, 5) is 7.24. The molecule has 0 saturated heterocycles. The summed E-state index contributed by atoms with van der Waals surface area (Å²) < 4.78 is 0. The first-order valence-corrected chi connectivity index (χ1v) is 2.08. The number of rotatable bonds is 0. The molecular weight excluding hydrogens is 138 g/mol. The van der Waals surface area contributed by atoms with Gasteiger partial charge in [0.15, 0.2) is 0 Å². The molecule has 0 amide bonds. The van der Waals surface area contributed by atoms with Gasteiger partial charge in [-0.1, -0.05) is 0 Å². The van der Waals surface area contributed by atoms with Gasteiger partial charge in [-0.25, -0.2) is 9.97 Å². The van der Waals surface area contributed by atoms with Crippen LogP contribution in [0.5, 0.6) is 0 Å². The predicted octanol–water partition coefficient (Wildman–Crippen LogP) is 0.770. The number of aromatic nitrogens is 2. The molecule has 1 heterocycles. The minimum atomic E-state index is 0. The van der Waals surface area contributed by atoms with Crippen LogP contribution in [-0.2, 0) is 0 Å². The molecule has 9 heavy (non-hydrogen) atoms. The Kier molecular flexibility index (Phi) is 3.33. The van der Waals surface area contributed by atoms with Crippen LogP contribution in [-0.4, -0.2) is 9.97 Å². The molecule has 3 nitrogen and oxygen atoms in total. The molecule has 4 heteroatoms. The molecule has 0 aliphatic carbocycles. The zero-order chi connectivity index (χ0) is 5.82. The third-order valence-corrected chi connectivity index (χ3v) is 0.690. The molecule has 0 N–H and O–H groups in total. The number of nitrogens with zero attached hydrogens (tertiary/aromatic N) is 3. The average Bonchev–Trinajstić information content (AvgIpc) is 1.90. The van der Waals surface area contributed by atoms with Crippen molar-refractivity contribution in [3.05, 3.63) is 24.3 Å². The van der Waals surface area contributed by atoms with E-state index in [1.807, 2.05) is 6.07 Å². The lowest BCUT2D eigenvalue weighted by molar-refractivity contribution is 1.15. The third-order valence-electron chi connectivity index (χ3n) is 0.690. The minimum Gasteiger partial charge on any atom is -0.243 e. The first-order valence-electron chi connectivity index (χ1n) is 2.08. The van der Waals surface area contributed by atoms with Gasteiger partial charge in [-0.15, -0.1) is 12.4 Å². The van der Waals surface area contributed by atoms with E-state index < -0.39 is 0 Å². The first kappa shape index (κ1) is 7.86. The van der Waals surface area contributed by atoms with Crippen LogP contribution in [0.2, 0.25) is 0 Å². The van der Waals surface area contributed by atoms with Gasteiger partial charge in [-0.05, 0) is 0 Å². The fourth-order valence-corrected chi connectivity index (χ4v) is 0.357. The van der Waals surface area contributed by atoms with Crippen LogP contribution in [0.15, 0.2) is 18.7 Å². The fraction of sp³-hybridized carbons (Fsp3) is 0. The zero-order valence-electron chi connectivity index (χ0n) is 4.48. The van der Waals surface area contributed by atoms with Crippen molar-refractivity contribution in [2.24, 2.45) is 0 Å². The molecule has 0 unspecified atom stereocenters. The molecule has 1 aromatic rings. The molecule has 0 saturated carbocycles. The van der Waals surface area contributed by atoms with Gasteiger partial charge in [0.1, 0.15) is 12.4 Å². The van der Waals surface area contributed by atoms with Crippen LogP contribution < -0.4 is 0 Å². The maximum atomic E-state index is 8.21. The van der Waals surface area contributed by atoms with Crippen molar-refractivity contribution in [2.45, 2.75) is 0 Å². The Labute approximate surface area is 58.8 Å². The Balaban J connectivity index is 0.000000640. The van der Waals surface area contributed by atoms with E-state index in [1.54, 1.807) is 0 Å². The summed E-state index contributed by atoms with van der Waals surface area (Å²) >= 11 is 0. The summed E-state index contributed by atoms with van der Waals surface area (Å²) in [6.07, 6.45) is 4.32. The molecule has 0 atom stereocenters. The Bertz CT molecular complexity index is 203. The van der Waals surface area contributed by atoms with E-state index in [4.69, 9.17) is 5.26 Å². The lowest BCUT2D eigenvalue weighted by Gasteiger charge is -1.79. The molecule has 0 aromatic carbocycles. The van der Waals surface area contributed by atoms with Crippen LogP contribution in [0.3, 0.4) is 0 Å². The standard InChI is InChI=1S/C5H3N3.ClH/c6-1-5-2-7-4-8-3-5;/h2-4H;1H. The highest BCUT2D eigenvalue weighted by Gasteiger charge is 1.82. The Morgan fingerprint density at radius 3 is 2.22 bits per heavy atom. The highest BCUT2D eigenvalue weighted by atomic mass is 35.5. The van der Waals surface area contributed by atoms with Gasteiger partial charge in [-0.3, -0.25) is 0 Å². The average molecular weight is 142 g/mol. The highest BCUT2D eigenvalue weighted by molar-refractivity contribution is 5.85. The van der Waals surface area contributed by atoms with Crippen molar-refractivity contribution in [2.75, 3.05) is 0 Å². The Morgan fingerprint density at radius 2 is 1.89 bits per heavy atom. The van der Waals surface area contributed by atoms with Gasteiger partial charge < -0.3 is 0 Å². The lowest BCUT2D eigenvalue weighted by atomic mass is 10.4. The van der Waals surface area contributed by atoms with Gasteiger partial charge in [0.2, 0.25) is 0 Å². The van der Waals surface area contributed by atoms with Crippen molar-refractivity contribution in [1.82, 2.24) is 9.97 Å². The predicted molar refractivity (Wildman–Crippen MR) is 34.0 cm³/mol. The first-order chi connectivity index (χ1) is 3.93. The smallest absolute Gasteiger partial charge is 0.115 e. The third kappa shape index (κ3) is 2.06. The maximum absolute atomic E-state index is 8.21. The maximum Gasteiger partial charge on any atom is 0.115 e. The monoisotopic (exact) mass is 141 g/mol. The largest absolute Gasteiger partial charge is 0.243 e. The van der Waals surface area contributed by atoms with Crippen molar-refractivity contribution in [3.63, 3.8) is 0 Å². The van der Waals surface area contributed by atoms with E-state index in [-0.39, 0.29) is 12.4 Å². The van der Waals surface area contributed by atoms with Crippen molar-refractivity contribution in [1.29, 1.82) is 5.26 Å². The Hall–Kier alpha value is -1.14. The van der Waals surface area contributed by atoms with Crippen LogP contribution in [0, 0.1) is 11.3 Å². The van der Waals surface area contributed by atoms with Crippen LogP contribution in [0.1, 0.15) is 5.56 Å². The van der Waals surface area contributed by atoms with Crippen LogP contribution in [0.25, 0.3) is 0 Å². The van der Waals surface area contributed by atoms with E-state index in [9.17, 15) is 0 Å². The second-order valence-corrected chi connectivity index (χ2v) is 1.24. The topological polar surface area (TPSA) is 49.6 Å². The van der Waals surface area contributed by atoms with Gasteiger partial charge >= 0.3 is 0 Å². The van der Waals surface area contributed by atoms with E-state index in [2.05, 4.69) is 9.97 Å². The van der Waals surface area contributed by atoms with Crippen molar-refractivity contribution < 1.29 is 0 Å². The van der Waals surface area contributed by atoms with Gasteiger partial charge in [0.25, 0.3) is 0 Å². The molecule has 0 spiro atoms. The molecular formula is C5H4ClN3. The fourth-order valence-electron chi connectivity index (χ4n) is 0.357. The molecule has 0 fully saturated rings. The summed E-state index contributed by atoms with van der Waals surface area (Å²) in [6, 6.07) is 1.90. The van der Waals surface area contributed by atoms with Crippen LogP contribution in [0.4, 0.5) is 0 Å². The summed E-state index contributed by atoms with van der Waals surface area (Å²) in [7, 11) is 0. The second kappa shape index (κ2) is 3.81. The minimum absolute atomic E-state index is 0. The number of nitriles is 1. The van der Waals surface area contributed by atoms with Gasteiger partial charge in [-0.2, -0.15) is 5.26 Å². The molecule has 46 valence electrons. The number of halogens is 1. The quantitative estimate of drug-likeness (QED) is 0.536. The Morgan fingerprint density at radius 1 is 1.33 bits per heavy atom. The molecule has 0 aliphatic heterocycles. The molecule has 1 aromatic heterocycles. The van der Waals surface area contributed by atoms with Crippen molar-refractivity contribution >= 4 is 12.4 Å². The van der Waals surface area contributed by atoms with Crippen molar-refractivity contribution in [3.8, 4) is 6.07 Å².